The number of thiophene rings is 1. The van der Waals surface area contributed by atoms with E-state index in [0.29, 0.717) is 6.42 Å². The number of Topliss-reactive ketones (excluding diaryl/α,β-unsaturated/α-hetero) is 1. The van der Waals surface area contributed by atoms with Crippen LogP contribution in [0.1, 0.15) is 33.0 Å². The number of hydrogen-bond acceptors (Lipinski definition) is 3. The quantitative estimate of drug-likeness (QED) is 0.803. The Bertz CT molecular complexity index is 586. The van der Waals surface area contributed by atoms with Crippen molar-refractivity contribution in [3.63, 3.8) is 0 Å². The first-order chi connectivity index (χ1) is 8.50. The number of aryl methyl sites for hydroxylation is 2. The Labute approximate surface area is 119 Å². The third-order valence-corrected chi connectivity index (χ3v) is 5.01. The zero-order chi connectivity index (χ0) is 13.3. The van der Waals surface area contributed by atoms with E-state index in [2.05, 4.69) is 21.0 Å². The molecule has 2 heterocycles. The highest BCUT2D eigenvalue weighted by atomic mass is 79.9. The van der Waals surface area contributed by atoms with E-state index in [1.807, 2.05) is 37.0 Å². The fraction of sp³-hybridized carbons (Fsp3) is 0.385. The van der Waals surface area contributed by atoms with E-state index in [9.17, 15) is 4.79 Å². The van der Waals surface area contributed by atoms with Crippen LogP contribution in [0.2, 0.25) is 0 Å². The van der Waals surface area contributed by atoms with Crippen molar-refractivity contribution in [3.05, 3.63) is 37.7 Å². The van der Waals surface area contributed by atoms with E-state index in [1.165, 1.54) is 16.9 Å². The lowest BCUT2D eigenvalue weighted by Crippen LogP contribution is -2.01. The highest BCUT2D eigenvalue weighted by Gasteiger charge is 2.15. The maximum Gasteiger partial charge on any atom is 0.174 e. The van der Waals surface area contributed by atoms with Crippen molar-refractivity contribution in [3.8, 4) is 0 Å². The summed E-state index contributed by atoms with van der Waals surface area (Å²) in [4.78, 5) is 12.9. The van der Waals surface area contributed by atoms with Crippen LogP contribution in [-0.4, -0.2) is 15.6 Å². The molecule has 0 radical (unpaired) electrons. The number of rotatable bonds is 4. The van der Waals surface area contributed by atoms with Crippen molar-refractivity contribution in [1.29, 1.82) is 0 Å². The zero-order valence-electron chi connectivity index (χ0n) is 10.7. The zero-order valence-corrected chi connectivity index (χ0v) is 13.1. The van der Waals surface area contributed by atoms with Gasteiger partial charge < -0.3 is 0 Å². The van der Waals surface area contributed by atoms with Crippen molar-refractivity contribution >= 4 is 33.0 Å². The van der Waals surface area contributed by atoms with Gasteiger partial charge in [0.25, 0.3) is 0 Å². The van der Waals surface area contributed by atoms with Crippen LogP contribution in [0.3, 0.4) is 0 Å². The van der Waals surface area contributed by atoms with E-state index >= 15 is 0 Å². The minimum Gasteiger partial charge on any atom is -0.293 e. The number of halogens is 1. The minimum absolute atomic E-state index is 0.194. The van der Waals surface area contributed by atoms with Gasteiger partial charge in [-0.3, -0.25) is 9.48 Å². The Morgan fingerprint density at radius 2 is 2.22 bits per heavy atom. The van der Waals surface area contributed by atoms with Crippen molar-refractivity contribution in [2.45, 2.75) is 26.7 Å². The maximum absolute atomic E-state index is 12.1. The first-order valence-corrected chi connectivity index (χ1v) is 7.43. The predicted molar refractivity (Wildman–Crippen MR) is 77.4 cm³/mol. The van der Waals surface area contributed by atoms with E-state index < -0.39 is 0 Å². The van der Waals surface area contributed by atoms with Gasteiger partial charge in [0, 0.05) is 23.6 Å². The Balaban J connectivity index is 2.09. The minimum atomic E-state index is 0.194. The topological polar surface area (TPSA) is 34.9 Å². The molecule has 3 nitrogen and oxygen atoms in total. The molecule has 18 heavy (non-hydrogen) atoms. The van der Waals surface area contributed by atoms with Crippen LogP contribution in [-0.2, 0) is 13.5 Å². The average Bonchev–Trinajstić information content (AvgIpc) is 2.83. The molecule has 0 spiro atoms. The second-order valence-electron chi connectivity index (χ2n) is 4.29. The van der Waals surface area contributed by atoms with Crippen molar-refractivity contribution < 1.29 is 4.79 Å². The summed E-state index contributed by atoms with van der Waals surface area (Å²) in [5.41, 5.74) is 3.36. The molecule has 0 aliphatic carbocycles. The summed E-state index contributed by atoms with van der Waals surface area (Å²) in [6.07, 6.45) is 1.29. The predicted octanol–water partition coefficient (Wildman–Crippen LogP) is 3.68. The number of carbonyl (C=O) groups excluding carboxylic acids is 1. The monoisotopic (exact) mass is 326 g/mol. The molecule has 2 rings (SSSR count). The SMILES string of the molecule is Cc1nn(C)c(C)c1CCC(=O)c1sccc1Br. The third kappa shape index (κ3) is 2.57. The number of nitrogens with zero attached hydrogens (tertiary/aromatic N) is 2. The number of carbonyl (C=O) groups is 1. The molecule has 2 aromatic rings. The van der Waals surface area contributed by atoms with Crippen LogP contribution < -0.4 is 0 Å². The van der Waals surface area contributed by atoms with Crippen molar-refractivity contribution in [2.75, 3.05) is 0 Å². The fourth-order valence-electron chi connectivity index (χ4n) is 2.02. The molecule has 0 N–H and O–H groups in total. The van der Waals surface area contributed by atoms with Gasteiger partial charge in [-0.25, -0.2) is 0 Å². The largest absolute Gasteiger partial charge is 0.293 e. The number of ketones is 1. The Hall–Kier alpha value is -0.940. The van der Waals surface area contributed by atoms with Crippen molar-refractivity contribution in [1.82, 2.24) is 9.78 Å². The van der Waals surface area contributed by atoms with Gasteiger partial charge in [-0.2, -0.15) is 5.10 Å². The molecule has 0 fully saturated rings. The van der Waals surface area contributed by atoms with Crippen LogP contribution in [0.5, 0.6) is 0 Å². The van der Waals surface area contributed by atoms with Gasteiger partial charge >= 0.3 is 0 Å². The lowest BCUT2D eigenvalue weighted by Gasteiger charge is -2.01. The molecule has 0 aromatic carbocycles. The first-order valence-electron chi connectivity index (χ1n) is 5.76. The van der Waals surface area contributed by atoms with E-state index in [4.69, 9.17) is 0 Å². The highest BCUT2D eigenvalue weighted by Crippen LogP contribution is 2.25. The van der Waals surface area contributed by atoms with Crippen LogP contribution >= 0.6 is 27.3 Å². The van der Waals surface area contributed by atoms with Gasteiger partial charge in [-0.15, -0.1) is 11.3 Å². The average molecular weight is 327 g/mol. The summed E-state index contributed by atoms with van der Waals surface area (Å²) < 4.78 is 2.77. The molecule has 0 saturated carbocycles. The normalized spacial score (nSPS) is 10.9. The van der Waals surface area contributed by atoms with E-state index in [0.717, 1.165) is 27.2 Å². The summed E-state index contributed by atoms with van der Waals surface area (Å²) in [7, 11) is 1.93. The first kappa shape index (κ1) is 13.5. The second-order valence-corrected chi connectivity index (χ2v) is 6.06. The maximum atomic E-state index is 12.1. The summed E-state index contributed by atoms with van der Waals surface area (Å²) >= 11 is 4.89. The fourth-order valence-corrected chi connectivity index (χ4v) is 3.59. The van der Waals surface area contributed by atoms with E-state index in [1.54, 1.807) is 0 Å². The second kappa shape index (κ2) is 5.36. The summed E-state index contributed by atoms with van der Waals surface area (Å²) in [5.74, 6) is 0.194. The molecule has 0 amide bonds. The number of aromatic nitrogens is 2. The Morgan fingerprint density at radius 1 is 1.50 bits per heavy atom. The molecule has 0 bridgehead atoms. The van der Waals surface area contributed by atoms with Crippen molar-refractivity contribution in [2.24, 2.45) is 7.05 Å². The van der Waals surface area contributed by atoms with Gasteiger partial charge in [-0.05, 0) is 53.2 Å². The van der Waals surface area contributed by atoms with Gasteiger partial charge in [-0.1, -0.05) is 0 Å². The molecule has 96 valence electrons. The van der Waals surface area contributed by atoms with Crippen LogP contribution in [0.4, 0.5) is 0 Å². The van der Waals surface area contributed by atoms with Crippen LogP contribution in [0, 0.1) is 13.8 Å². The summed E-state index contributed by atoms with van der Waals surface area (Å²) in [6, 6.07) is 1.92. The lowest BCUT2D eigenvalue weighted by atomic mass is 10.1. The lowest BCUT2D eigenvalue weighted by molar-refractivity contribution is 0.0986. The molecular formula is C13H15BrN2OS. The molecule has 0 aliphatic heterocycles. The molecule has 0 atom stereocenters. The van der Waals surface area contributed by atoms with Crippen LogP contribution in [0.15, 0.2) is 15.9 Å². The molecule has 0 aliphatic rings. The highest BCUT2D eigenvalue weighted by molar-refractivity contribution is 9.10. The van der Waals surface area contributed by atoms with Crippen LogP contribution in [0.25, 0.3) is 0 Å². The molecule has 0 saturated heterocycles. The van der Waals surface area contributed by atoms with Gasteiger partial charge in [0.05, 0.1) is 10.6 Å². The van der Waals surface area contributed by atoms with E-state index in [-0.39, 0.29) is 5.78 Å². The summed E-state index contributed by atoms with van der Waals surface area (Å²) in [6.45, 7) is 4.04. The molecule has 0 unspecified atom stereocenters. The van der Waals surface area contributed by atoms with Gasteiger partial charge in [0.2, 0.25) is 0 Å². The number of hydrogen-bond donors (Lipinski definition) is 0. The third-order valence-electron chi connectivity index (χ3n) is 3.13. The molecular weight excluding hydrogens is 312 g/mol. The standard InChI is InChI=1S/C13H15BrN2OS/c1-8-10(9(2)16(3)15-8)4-5-12(17)13-11(14)6-7-18-13/h6-7H,4-5H2,1-3H3. The Morgan fingerprint density at radius 3 is 2.72 bits per heavy atom. The smallest absolute Gasteiger partial charge is 0.174 e. The molecule has 5 heteroatoms. The van der Waals surface area contributed by atoms with Gasteiger partial charge in [0.1, 0.15) is 0 Å². The van der Waals surface area contributed by atoms with Gasteiger partial charge in [0.15, 0.2) is 5.78 Å². The Kier molecular flexibility index (Phi) is 4.02. The summed E-state index contributed by atoms with van der Waals surface area (Å²) in [5, 5.41) is 6.30. The molecule has 2 aromatic heterocycles.